The molecule has 6 rings (SSSR count). The molecule has 6 aromatic rings. The molecule has 0 bridgehead atoms. The van der Waals surface area contributed by atoms with Gasteiger partial charge < -0.3 is 9.97 Å². The molecule has 4 heterocycles. The first-order valence-corrected chi connectivity index (χ1v) is 10.5. The van der Waals surface area contributed by atoms with Crippen molar-refractivity contribution < 1.29 is 0 Å². The standard InChI is InChI=1S/C22H14N4S2/c1-3-14(4-2-13(1)15-5-6-16-17(7-15)26-12-25-16)19-8-21-22(27-19)9-20(28-21)18-10-23-11-24-18/h1-12H,(H,23,24)(H,25,26). The molecule has 0 aliphatic carbocycles. The molecule has 0 fully saturated rings. The Kier molecular flexibility index (Phi) is 3.47. The van der Waals surface area contributed by atoms with Gasteiger partial charge in [0.05, 0.1) is 40.5 Å². The van der Waals surface area contributed by atoms with Crippen molar-refractivity contribution in [1.82, 2.24) is 19.9 Å². The molecular weight excluding hydrogens is 384 g/mol. The fraction of sp³-hybridized carbons (Fsp3) is 0. The maximum absolute atomic E-state index is 4.29. The number of benzene rings is 2. The highest BCUT2D eigenvalue weighted by Crippen LogP contribution is 2.41. The monoisotopic (exact) mass is 398 g/mol. The van der Waals surface area contributed by atoms with E-state index < -0.39 is 0 Å². The molecule has 0 radical (unpaired) electrons. The molecule has 0 saturated carbocycles. The minimum atomic E-state index is 0.994. The van der Waals surface area contributed by atoms with Crippen LogP contribution in [0.5, 0.6) is 0 Å². The fourth-order valence-electron chi connectivity index (χ4n) is 3.44. The smallest absolute Gasteiger partial charge is 0.0931 e. The topological polar surface area (TPSA) is 57.4 Å². The second kappa shape index (κ2) is 6.15. The van der Waals surface area contributed by atoms with E-state index in [1.807, 2.05) is 17.5 Å². The fourth-order valence-corrected chi connectivity index (χ4v) is 5.82. The van der Waals surface area contributed by atoms with Crippen molar-refractivity contribution in [2.24, 2.45) is 0 Å². The van der Waals surface area contributed by atoms with Crippen LogP contribution < -0.4 is 0 Å². The summed E-state index contributed by atoms with van der Waals surface area (Å²) in [6.45, 7) is 0. The highest BCUT2D eigenvalue weighted by Gasteiger charge is 2.11. The zero-order valence-corrected chi connectivity index (χ0v) is 16.3. The molecule has 6 heteroatoms. The Balaban J connectivity index is 1.33. The summed E-state index contributed by atoms with van der Waals surface area (Å²) < 4.78 is 2.64. The van der Waals surface area contributed by atoms with Gasteiger partial charge in [-0.25, -0.2) is 9.97 Å². The SMILES string of the molecule is c1ncc(-c2cc3sc(-c4ccc(-c5ccc6nc[nH]c6c5)cc4)cc3s2)[nH]1. The lowest BCUT2D eigenvalue weighted by Crippen LogP contribution is -1.79. The van der Waals surface area contributed by atoms with Gasteiger partial charge in [0.25, 0.3) is 0 Å². The minimum Gasteiger partial charge on any atom is -0.345 e. The van der Waals surface area contributed by atoms with Crippen LogP contribution in [0.25, 0.3) is 52.6 Å². The van der Waals surface area contributed by atoms with Crippen molar-refractivity contribution in [1.29, 1.82) is 0 Å². The molecular formula is C22H14N4S2. The van der Waals surface area contributed by atoms with Crippen molar-refractivity contribution in [2.45, 2.75) is 0 Å². The Labute approximate surface area is 168 Å². The van der Waals surface area contributed by atoms with Gasteiger partial charge in [0.15, 0.2) is 0 Å². The lowest BCUT2D eigenvalue weighted by molar-refractivity contribution is 1.32. The van der Waals surface area contributed by atoms with Crippen LogP contribution >= 0.6 is 22.7 Å². The highest BCUT2D eigenvalue weighted by atomic mass is 32.1. The van der Waals surface area contributed by atoms with E-state index in [0.717, 1.165) is 16.7 Å². The van der Waals surface area contributed by atoms with E-state index in [9.17, 15) is 0 Å². The van der Waals surface area contributed by atoms with Gasteiger partial charge in [-0.15, -0.1) is 22.7 Å². The third-order valence-corrected chi connectivity index (χ3v) is 7.27. The Morgan fingerprint density at radius 1 is 0.679 bits per heavy atom. The molecule has 4 aromatic heterocycles. The van der Waals surface area contributed by atoms with E-state index in [0.29, 0.717) is 0 Å². The Morgan fingerprint density at radius 3 is 2.25 bits per heavy atom. The molecule has 2 N–H and O–H groups in total. The van der Waals surface area contributed by atoms with Crippen LogP contribution in [-0.4, -0.2) is 19.9 Å². The van der Waals surface area contributed by atoms with Gasteiger partial charge in [-0.05, 0) is 41.0 Å². The predicted molar refractivity (Wildman–Crippen MR) is 118 cm³/mol. The van der Waals surface area contributed by atoms with Crippen molar-refractivity contribution in [3.05, 3.63) is 73.4 Å². The highest BCUT2D eigenvalue weighted by molar-refractivity contribution is 7.31. The summed E-state index contributed by atoms with van der Waals surface area (Å²) in [5.41, 5.74) is 6.79. The molecule has 4 nitrogen and oxygen atoms in total. The van der Waals surface area contributed by atoms with Crippen LogP contribution in [0.2, 0.25) is 0 Å². The third kappa shape index (κ3) is 2.58. The molecule has 0 aliphatic heterocycles. The molecule has 134 valence electrons. The maximum atomic E-state index is 4.29. The van der Waals surface area contributed by atoms with Crippen LogP contribution in [0.1, 0.15) is 0 Å². The van der Waals surface area contributed by atoms with E-state index in [1.54, 1.807) is 24.0 Å². The van der Waals surface area contributed by atoms with Crippen LogP contribution in [0, 0.1) is 0 Å². The van der Waals surface area contributed by atoms with E-state index >= 15 is 0 Å². The molecule has 0 spiro atoms. The van der Waals surface area contributed by atoms with Gasteiger partial charge in [-0.3, -0.25) is 0 Å². The molecule has 0 unspecified atom stereocenters. The van der Waals surface area contributed by atoms with Gasteiger partial charge in [-0.1, -0.05) is 30.3 Å². The third-order valence-electron chi connectivity index (χ3n) is 4.89. The normalized spacial score (nSPS) is 11.6. The number of hydrogen-bond acceptors (Lipinski definition) is 4. The molecule has 28 heavy (non-hydrogen) atoms. The minimum absolute atomic E-state index is 0.994. The molecule has 0 saturated heterocycles. The van der Waals surface area contributed by atoms with Crippen molar-refractivity contribution in [3.63, 3.8) is 0 Å². The second-order valence-electron chi connectivity index (χ2n) is 6.63. The first kappa shape index (κ1) is 15.8. The number of H-pyrrole nitrogens is 2. The summed E-state index contributed by atoms with van der Waals surface area (Å²) in [6, 6.07) is 19.7. The second-order valence-corrected chi connectivity index (χ2v) is 8.79. The number of rotatable bonds is 3. The molecule has 0 aliphatic rings. The number of nitrogens with zero attached hydrogens (tertiary/aromatic N) is 2. The lowest BCUT2D eigenvalue weighted by atomic mass is 10.0. The van der Waals surface area contributed by atoms with Crippen LogP contribution in [0.3, 0.4) is 0 Å². The van der Waals surface area contributed by atoms with Gasteiger partial charge in [0, 0.05) is 14.3 Å². The average Bonchev–Trinajstić information content (AvgIpc) is 3.50. The number of thiophene rings is 2. The summed E-state index contributed by atoms with van der Waals surface area (Å²) in [7, 11) is 0. The van der Waals surface area contributed by atoms with E-state index in [-0.39, 0.29) is 0 Å². The predicted octanol–water partition coefficient (Wildman–Crippen LogP) is 6.56. The quantitative estimate of drug-likeness (QED) is 0.354. The number of aromatic nitrogens is 4. The van der Waals surface area contributed by atoms with E-state index in [1.165, 1.54) is 35.8 Å². The zero-order valence-electron chi connectivity index (χ0n) is 14.6. The molecule has 2 aromatic carbocycles. The largest absolute Gasteiger partial charge is 0.345 e. The summed E-state index contributed by atoms with van der Waals surface area (Å²) in [5, 5.41) is 0. The Bertz CT molecular complexity index is 1370. The number of fused-ring (bicyclic) bond motifs is 2. The van der Waals surface area contributed by atoms with E-state index in [2.05, 4.69) is 74.5 Å². The Hall–Kier alpha value is -3.22. The average molecular weight is 399 g/mol. The molecule has 0 atom stereocenters. The zero-order chi connectivity index (χ0) is 18.5. The van der Waals surface area contributed by atoms with Crippen LogP contribution in [0.15, 0.2) is 73.4 Å². The summed E-state index contributed by atoms with van der Waals surface area (Å²) >= 11 is 3.64. The van der Waals surface area contributed by atoms with Crippen molar-refractivity contribution in [3.8, 4) is 32.1 Å². The first-order chi connectivity index (χ1) is 13.8. The van der Waals surface area contributed by atoms with Crippen LogP contribution in [0.4, 0.5) is 0 Å². The number of hydrogen-bond donors (Lipinski definition) is 2. The summed E-state index contributed by atoms with van der Waals surface area (Å²) in [4.78, 5) is 17.3. The van der Waals surface area contributed by atoms with Gasteiger partial charge in [-0.2, -0.15) is 0 Å². The summed E-state index contributed by atoms with van der Waals surface area (Å²) in [5.74, 6) is 0. The first-order valence-electron chi connectivity index (χ1n) is 8.89. The van der Waals surface area contributed by atoms with Gasteiger partial charge in [0.1, 0.15) is 0 Å². The lowest BCUT2D eigenvalue weighted by Gasteiger charge is -2.04. The number of aromatic amines is 2. The van der Waals surface area contributed by atoms with Gasteiger partial charge in [0.2, 0.25) is 0 Å². The van der Waals surface area contributed by atoms with Crippen molar-refractivity contribution in [2.75, 3.05) is 0 Å². The number of imidazole rings is 2. The summed E-state index contributed by atoms with van der Waals surface area (Å²) in [6.07, 6.45) is 5.33. The van der Waals surface area contributed by atoms with Gasteiger partial charge >= 0.3 is 0 Å². The molecule has 0 amide bonds. The van der Waals surface area contributed by atoms with Crippen LogP contribution in [-0.2, 0) is 0 Å². The van der Waals surface area contributed by atoms with Crippen molar-refractivity contribution >= 4 is 43.1 Å². The van der Waals surface area contributed by atoms with E-state index in [4.69, 9.17) is 0 Å². The maximum Gasteiger partial charge on any atom is 0.0931 e. The Morgan fingerprint density at radius 2 is 1.43 bits per heavy atom. The number of nitrogens with one attached hydrogen (secondary N) is 2.